The van der Waals surface area contributed by atoms with Crippen molar-refractivity contribution in [3.63, 3.8) is 0 Å². The summed E-state index contributed by atoms with van der Waals surface area (Å²) < 4.78 is 2.33. The van der Waals surface area contributed by atoms with Gasteiger partial charge in [0.2, 0.25) is 0 Å². The van der Waals surface area contributed by atoms with Gasteiger partial charge in [-0.15, -0.1) is 0 Å². The Morgan fingerprint density at radius 3 is 1.35 bits per heavy atom. The van der Waals surface area contributed by atoms with Crippen LogP contribution in [0.25, 0.3) is 0 Å². The van der Waals surface area contributed by atoms with Gasteiger partial charge in [-0.1, -0.05) is 56.1 Å². The van der Waals surface area contributed by atoms with E-state index in [-0.39, 0.29) is 0 Å². The third-order valence-electron chi connectivity index (χ3n) is 3.83. The van der Waals surface area contributed by atoms with E-state index in [9.17, 15) is 0 Å². The van der Waals surface area contributed by atoms with E-state index in [4.69, 9.17) is 0 Å². The lowest BCUT2D eigenvalue weighted by molar-refractivity contribution is 0.791. The van der Waals surface area contributed by atoms with Gasteiger partial charge in [0.15, 0.2) is 0 Å². The van der Waals surface area contributed by atoms with Crippen LogP contribution in [0, 0.1) is 0 Å². The summed E-state index contributed by atoms with van der Waals surface area (Å²) in [7, 11) is 0. The number of hydrogen-bond donors (Lipinski definition) is 0. The molecule has 0 nitrogen and oxygen atoms in total. The maximum Gasteiger partial charge on any atom is 0.0175 e. The van der Waals surface area contributed by atoms with Crippen molar-refractivity contribution >= 4 is 43.6 Å². The largest absolute Gasteiger partial charge is 0.162 e. The van der Waals surface area contributed by atoms with Crippen LogP contribution in [0.5, 0.6) is 0 Å². The van der Waals surface area contributed by atoms with Crippen molar-refractivity contribution in [2.24, 2.45) is 0 Å². The van der Waals surface area contributed by atoms with Gasteiger partial charge in [0, 0.05) is 8.95 Å². The van der Waals surface area contributed by atoms with Crippen LogP contribution in [0.4, 0.5) is 0 Å². The number of rotatable bonds is 10. The molecule has 0 saturated heterocycles. The lowest BCUT2D eigenvalue weighted by Crippen LogP contribution is -1.90. The quantitative estimate of drug-likeness (QED) is 0.339. The maximum atomic E-state index is 3.48. The normalized spacial score (nSPS) is 10.9. The molecule has 0 bridgehead atoms. The average Bonchev–Trinajstić information content (AvgIpc) is 2.56. The lowest BCUT2D eigenvalue weighted by Gasteiger charge is -2.04. The van der Waals surface area contributed by atoms with E-state index < -0.39 is 0 Å². The molecule has 0 atom stereocenters. The summed E-state index contributed by atoms with van der Waals surface area (Å²) in [4.78, 5) is 0. The third-order valence-corrected chi connectivity index (χ3v) is 6.05. The minimum absolute atomic E-state index is 1.17. The van der Waals surface area contributed by atoms with Gasteiger partial charge in [-0.05, 0) is 85.4 Å². The number of hydrogen-bond acceptors (Lipinski definition) is 1. The van der Waals surface area contributed by atoms with Gasteiger partial charge >= 0.3 is 0 Å². The molecule has 0 N–H and O–H groups in total. The molecule has 0 unspecified atom stereocenters. The van der Waals surface area contributed by atoms with E-state index in [0.717, 1.165) is 0 Å². The van der Waals surface area contributed by atoms with Crippen LogP contribution in [0.2, 0.25) is 0 Å². The Balaban J connectivity index is 1.43. The Bertz CT molecular complexity index is 497. The highest BCUT2D eigenvalue weighted by atomic mass is 79.9. The van der Waals surface area contributed by atoms with Crippen LogP contribution in [-0.2, 0) is 12.8 Å². The number of thioether (sulfide) groups is 1. The summed E-state index contributed by atoms with van der Waals surface area (Å²) in [6.07, 6.45) is 7.66. The molecule has 0 fully saturated rings. The summed E-state index contributed by atoms with van der Waals surface area (Å²) in [5.41, 5.74) is 2.90. The fourth-order valence-corrected chi connectivity index (χ4v) is 4.02. The molecule has 23 heavy (non-hydrogen) atoms. The lowest BCUT2D eigenvalue weighted by atomic mass is 10.1. The zero-order valence-corrected chi connectivity index (χ0v) is 17.4. The van der Waals surface area contributed by atoms with Crippen molar-refractivity contribution in [2.45, 2.75) is 38.5 Å². The van der Waals surface area contributed by atoms with Crippen LogP contribution in [-0.4, -0.2) is 11.5 Å². The van der Waals surface area contributed by atoms with Crippen molar-refractivity contribution in [1.82, 2.24) is 0 Å². The van der Waals surface area contributed by atoms with Crippen molar-refractivity contribution in [1.29, 1.82) is 0 Å². The van der Waals surface area contributed by atoms with Crippen molar-refractivity contribution < 1.29 is 0 Å². The van der Waals surface area contributed by atoms with Gasteiger partial charge in [0.25, 0.3) is 0 Å². The third kappa shape index (κ3) is 8.42. The predicted octanol–water partition coefficient (Wildman–Crippen LogP) is 7.29. The molecule has 0 amide bonds. The Morgan fingerprint density at radius 2 is 0.957 bits per heavy atom. The van der Waals surface area contributed by atoms with Gasteiger partial charge in [-0.2, -0.15) is 11.8 Å². The molecule has 0 radical (unpaired) electrons. The Labute approximate surface area is 161 Å². The zero-order valence-electron chi connectivity index (χ0n) is 13.4. The van der Waals surface area contributed by atoms with Gasteiger partial charge in [0.1, 0.15) is 0 Å². The Hall–Kier alpha value is -0.250. The number of halogens is 2. The first-order chi connectivity index (χ1) is 11.2. The maximum absolute atomic E-state index is 3.48. The van der Waals surface area contributed by atoms with Gasteiger partial charge < -0.3 is 0 Å². The summed E-state index contributed by atoms with van der Waals surface area (Å²) in [5, 5.41) is 0. The molecule has 0 aliphatic carbocycles. The van der Waals surface area contributed by atoms with Crippen LogP contribution < -0.4 is 0 Å². The highest BCUT2D eigenvalue weighted by Crippen LogP contribution is 2.15. The van der Waals surface area contributed by atoms with Gasteiger partial charge in [0.05, 0.1) is 0 Å². The molecule has 0 heterocycles. The number of aryl methyl sites for hydroxylation is 2. The molecule has 2 aromatic rings. The van der Waals surface area contributed by atoms with E-state index in [2.05, 4.69) is 92.2 Å². The smallest absolute Gasteiger partial charge is 0.0175 e. The monoisotopic (exact) mass is 454 g/mol. The van der Waals surface area contributed by atoms with Crippen LogP contribution in [0.1, 0.15) is 36.8 Å². The Kier molecular flexibility index (Phi) is 9.40. The second kappa shape index (κ2) is 11.3. The number of unbranched alkanes of at least 4 members (excludes halogenated alkanes) is 2. The highest BCUT2D eigenvalue weighted by Gasteiger charge is 1.97. The van der Waals surface area contributed by atoms with E-state index in [0.29, 0.717) is 0 Å². The van der Waals surface area contributed by atoms with Crippen molar-refractivity contribution in [3.05, 3.63) is 68.6 Å². The first-order valence-electron chi connectivity index (χ1n) is 8.31. The van der Waals surface area contributed by atoms with Gasteiger partial charge in [-0.25, -0.2) is 0 Å². The molecule has 124 valence electrons. The molecule has 2 aromatic carbocycles. The highest BCUT2D eigenvalue weighted by molar-refractivity contribution is 9.10. The molecule has 2 rings (SSSR count). The van der Waals surface area contributed by atoms with E-state index in [1.54, 1.807) is 0 Å². The summed E-state index contributed by atoms with van der Waals surface area (Å²) in [6.45, 7) is 0. The second-order valence-corrected chi connectivity index (χ2v) is 8.84. The minimum atomic E-state index is 1.17. The fourth-order valence-electron chi connectivity index (χ4n) is 2.47. The van der Waals surface area contributed by atoms with Crippen LogP contribution >= 0.6 is 43.6 Å². The number of benzene rings is 2. The predicted molar refractivity (Wildman–Crippen MR) is 111 cm³/mol. The average molecular weight is 456 g/mol. The minimum Gasteiger partial charge on any atom is -0.162 e. The van der Waals surface area contributed by atoms with E-state index in [1.165, 1.54) is 70.1 Å². The molecule has 0 aliphatic heterocycles. The molecular formula is C20H24Br2S. The van der Waals surface area contributed by atoms with Crippen molar-refractivity contribution in [3.8, 4) is 0 Å². The van der Waals surface area contributed by atoms with E-state index in [1.807, 2.05) is 0 Å². The molecule has 0 spiro atoms. The molecule has 0 saturated carbocycles. The summed E-state index contributed by atoms with van der Waals surface area (Å²) >= 11 is 9.08. The molecule has 3 heteroatoms. The van der Waals surface area contributed by atoms with Crippen molar-refractivity contribution in [2.75, 3.05) is 11.5 Å². The SMILES string of the molecule is Brc1ccc(CCCCSCCCCc2ccc(Br)cc2)cc1. The zero-order chi connectivity index (χ0) is 16.3. The molecule has 0 aliphatic rings. The Morgan fingerprint density at radius 1 is 0.565 bits per heavy atom. The fraction of sp³-hybridized carbons (Fsp3) is 0.400. The van der Waals surface area contributed by atoms with Crippen LogP contribution in [0.3, 0.4) is 0 Å². The van der Waals surface area contributed by atoms with Crippen LogP contribution in [0.15, 0.2) is 57.5 Å². The molecule has 0 aromatic heterocycles. The van der Waals surface area contributed by atoms with E-state index >= 15 is 0 Å². The standard InChI is InChI=1S/C20H24Br2S/c21-19-11-7-17(8-12-19)5-1-3-15-23-16-4-2-6-18-9-13-20(22)14-10-18/h7-14H,1-6,15-16H2. The summed E-state index contributed by atoms with van der Waals surface area (Å²) in [6, 6.07) is 17.4. The topological polar surface area (TPSA) is 0 Å². The summed E-state index contributed by atoms with van der Waals surface area (Å²) in [5.74, 6) is 2.60. The first-order valence-corrected chi connectivity index (χ1v) is 11.0. The second-order valence-electron chi connectivity index (χ2n) is 5.78. The first kappa shape index (κ1) is 19.1. The van der Waals surface area contributed by atoms with Gasteiger partial charge in [-0.3, -0.25) is 0 Å². The molecular weight excluding hydrogens is 432 g/mol.